The molecule has 1 saturated heterocycles. The average Bonchev–Trinajstić information content (AvgIpc) is 2.44. The van der Waals surface area contributed by atoms with Crippen molar-refractivity contribution in [3.63, 3.8) is 0 Å². The maximum Gasteiger partial charge on any atom is 0.321 e. The first-order chi connectivity index (χ1) is 9.60. The number of aliphatic hydroxyl groups is 1. The number of aliphatic hydroxyl groups excluding tert-OH is 1. The van der Waals surface area contributed by atoms with Crippen LogP contribution in [-0.2, 0) is 0 Å². The van der Waals surface area contributed by atoms with E-state index in [-0.39, 0.29) is 12.6 Å². The molecule has 110 valence electrons. The minimum Gasteiger partial charge on any atom is -0.395 e. The van der Waals surface area contributed by atoms with Crippen LogP contribution in [0.3, 0.4) is 0 Å². The summed E-state index contributed by atoms with van der Waals surface area (Å²) >= 11 is 5.94. The van der Waals surface area contributed by atoms with Crippen LogP contribution in [0.25, 0.3) is 0 Å². The second kappa shape index (κ2) is 6.92. The molecule has 5 nitrogen and oxygen atoms in total. The van der Waals surface area contributed by atoms with Crippen molar-refractivity contribution >= 4 is 23.3 Å². The van der Waals surface area contributed by atoms with Gasteiger partial charge in [-0.05, 0) is 24.6 Å². The molecule has 1 aromatic carbocycles. The zero-order valence-electron chi connectivity index (χ0n) is 11.6. The van der Waals surface area contributed by atoms with Crippen LogP contribution in [0, 0.1) is 6.92 Å². The number of nitrogens with one attached hydrogen (secondary N) is 1. The standard InChI is InChI=1S/C14H20ClN3O2/c1-11-2-3-12(15)10-13(11)16-14(20)18-6-4-17(5-7-18)8-9-19/h2-3,10,19H,4-9H2,1H3,(H,16,20). The first kappa shape index (κ1) is 15.1. The second-order valence-electron chi connectivity index (χ2n) is 4.94. The van der Waals surface area contributed by atoms with Gasteiger partial charge in [0.2, 0.25) is 0 Å². The van der Waals surface area contributed by atoms with E-state index in [4.69, 9.17) is 16.7 Å². The van der Waals surface area contributed by atoms with Crippen molar-refractivity contribution in [2.45, 2.75) is 6.92 Å². The first-order valence-corrected chi connectivity index (χ1v) is 7.13. The zero-order valence-corrected chi connectivity index (χ0v) is 12.4. The lowest BCUT2D eigenvalue weighted by molar-refractivity contribution is 0.127. The largest absolute Gasteiger partial charge is 0.395 e. The Kier molecular flexibility index (Phi) is 5.23. The highest BCUT2D eigenvalue weighted by Crippen LogP contribution is 2.20. The highest BCUT2D eigenvalue weighted by atomic mass is 35.5. The van der Waals surface area contributed by atoms with Crippen molar-refractivity contribution in [2.24, 2.45) is 0 Å². The molecule has 1 aliphatic rings. The van der Waals surface area contributed by atoms with Crippen LogP contribution in [-0.4, -0.2) is 60.3 Å². The summed E-state index contributed by atoms with van der Waals surface area (Å²) in [6.45, 7) is 5.70. The van der Waals surface area contributed by atoms with E-state index in [1.165, 1.54) is 0 Å². The molecule has 0 aliphatic carbocycles. The molecule has 0 unspecified atom stereocenters. The van der Waals surface area contributed by atoms with Crippen molar-refractivity contribution in [3.05, 3.63) is 28.8 Å². The normalized spacial score (nSPS) is 16.2. The Hall–Kier alpha value is -1.30. The summed E-state index contributed by atoms with van der Waals surface area (Å²) in [4.78, 5) is 16.1. The van der Waals surface area contributed by atoms with Crippen molar-refractivity contribution < 1.29 is 9.90 Å². The quantitative estimate of drug-likeness (QED) is 0.894. The van der Waals surface area contributed by atoms with E-state index >= 15 is 0 Å². The summed E-state index contributed by atoms with van der Waals surface area (Å²) in [5.74, 6) is 0. The zero-order chi connectivity index (χ0) is 14.5. The number of nitrogens with zero attached hydrogens (tertiary/aromatic N) is 2. The van der Waals surface area contributed by atoms with Crippen LogP contribution in [0.4, 0.5) is 10.5 Å². The van der Waals surface area contributed by atoms with Gasteiger partial charge in [0.1, 0.15) is 0 Å². The number of hydrogen-bond acceptors (Lipinski definition) is 3. The van der Waals surface area contributed by atoms with Gasteiger partial charge in [-0.25, -0.2) is 4.79 Å². The molecule has 2 rings (SSSR count). The fraction of sp³-hybridized carbons (Fsp3) is 0.500. The number of benzene rings is 1. The van der Waals surface area contributed by atoms with Crippen LogP contribution in [0.2, 0.25) is 5.02 Å². The number of rotatable bonds is 3. The predicted octanol–water partition coefficient (Wildman–Crippen LogP) is 1.79. The highest BCUT2D eigenvalue weighted by Gasteiger charge is 2.21. The van der Waals surface area contributed by atoms with E-state index in [9.17, 15) is 4.79 Å². The molecule has 1 heterocycles. The Morgan fingerprint density at radius 2 is 2.05 bits per heavy atom. The van der Waals surface area contributed by atoms with Gasteiger partial charge in [-0.1, -0.05) is 17.7 Å². The van der Waals surface area contributed by atoms with E-state index in [0.29, 0.717) is 24.7 Å². The molecular formula is C14H20ClN3O2. The maximum atomic E-state index is 12.2. The minimum absolute atomic E-state index is 0.0981. The summed E-state index contributed by atoms with van der Waals surface area (Å²) in [6.07, 6.45) is 0. The van der Waals surface area contributed by atoms with Gasteiger partial charge in [-0.2, -0.15) is 0 Å². The Bertz CT molecular complexity index is 473. The molecule has 1 aliphatic heterocycles. The lowest BCUT2D eigenvalue weighted by Gasteiger charge is -2.34. The van der Waals surface area contributed by atoms with Gasteiger partial charge in [0.05, 0.1) is 6.61 Å². The third-order valence-electron chi connectivity index (χ3n) is 3.52. The highest BCUT2D eigenvalue weighted by molar-refractivity contribution is 6.31. The number of carbonyl (C=O) groups is 1. The van der Waals surface area contributed by atoms with Gasteiger partial charge >= 0.3 is 6.03 Å². The van der Waals surface area contributed by atoms with Crippen molar-refractivity contribution in [1.29, 1.82) is 0 Å². The maximum absolute atomic E-state index is 12.2. The lowest BCUT2D eigenvalue weighted by atomic mass is 10.2. The van der Waals surface area contributed by atoms with Crippen LogP contribution in [0.5, 0.6) is 0 Å². The number of halogens is 1. The molecule has 0 aromatic heterocycles. The van der Waals surface area contributed by atoms with Crippen LogP contribution < -0.4 is 5.32 Å². The molecule has 0 bridgehead atoms. The fourth-order valence-corrected chi connectivity index (χ4v) is 2.41. The lowest BCUT2D eigenvalue weighted by Crippen LogP contribution is -2.50. The van der Waals surface area contributed by atoms with E-state index in [2.05, 4.69) is 10.2 Å². The molecule has 0 saturated carbocycles. The molecule has 2 N–H and O–H groups in total. The summed E-state index contributed by atoms with van der Waals surface area (Å²) < 4.78 is 0. The van der Waals surface area contributed by atoms with E-state index in [1.807, 2.05) is 13.0 Å². The molecule has 6 heteroatoms. The number of amides is 2. The number of β-amino-alcohol motifs (C(OH)–C–C–N with tert-alkyl or cyclic N) is 1. The summed E-state index contributed by atoms with van der Waals surface area (Å²) in [5, 5.41) is 12.4. The number of carbonyl (C=O) groups excluding carboxylic acids is 1. The third kappa shape index (κ3) is 3.85. The molecule has 2 amide bonds. The minimum atomic E-state index is -0.0981. The van der Waals surface area contributed by atoms with Gasteiger partial charge in [-0.15, -0.1) is 0 Å². The van der Waals surface area contributed by atoms with Crippen molar-refractivity contribution in [1.82, 2.24) is 9.80 Å². The van der Waals surface area contributed by atoms with Gasteiger partial charge in [0, 0.05) is 43.4 Å². The monoisotopic (exact) mass is 297 g/mol. The van der Waals surface area contributed by atoms with E-state index < -0.39 is 0 Å². The molecule has 0 radical (unpaired) electrons. The number of piperazine rings is 1. The average molecular weight is 298 g/mol. The number of urea groups is 1. The van der Waals surface area contributed by atoms with Gasteiger partial charge in [0.25, 0.3) is 0 Å². The number of hydrogen-bond donors (Lipinski definition) is 2. The van der Waals surface area contributed by atoms with Gasteiger partial charge < -0.3 is 15.3 Å². The van der Waals surface area contributed by atoms with Crippen LogP contribution >= 0.6 is 11.6 Å². The summed E-state index contributed by atoms with van der Waals surface area (Å²) in [7, 11) is 0. The Balaban J connectivity index is 1.91. The van der Waals surface area contributed by atoms with Crippen molar-refractivity contribution in [2.75, 3.05) is 44.6 Å². The Morgan fingerprint density at radius 1 is 1.35 bits per heavy atom. The van der Waals surface area contributed by atoms with Gasteiger partial charge in [0.15, 0.2) is 0 Å². The van der Waals surface area contributed by atoms with Crippen molar-refractivity contribution in [3.8, 4) is 0 Å². The number of anilines is 1. The second-order valence-corrected chi connectivity index (χ2v) is 5.38. The Labute approximate surface area is 124 Å². The summed E-state index contributed by atoms with van der Waals surface area (Å²) in [6, 6.07) is 5.35. The first-order valence-electron chi connectivity index (χ1n) is 6.75. The Morgan fingerprint density at radius 3 is 2.70 bits per heavy atom. The third-order valence-corrected chi connectivity index (χ3v) is 3.75. The fourth-order valence-electron chi connectivity index (χ4n) is 2.24. The van der Waals surface area contributed by atoms with Crippen LogP contribution in [0.1, 0.15) is 5.56 Å². The predicted molar refractivity (Wildman–Crippen MR) is 80.3 cm³/mol. The SMILES string of the molecule is Cc1ccc(Cl)cc1NC(=O)N1CCN(CCO)CC1. The summed E-state index contributed by atoms with van der Waals surface area (Å²) in [5.41, 5.74) is 1.74. The van der Waals surface area contributed by atoms with Gasteiger partial charge in [-0.3, -0.25) is 4.90 Å². The topological polar surface area (TPSA) is 55.8 Å². The smallest absolute Gasteiger partial charge is 0.321 e. The number of aryl methyl sites for hydroxylation is 1. The molecule has 1 fully saturated rings. The molecule has 20 heavy (non-hydrogen) atoms. The molecule has 1 aromatic rings. The van der Waals surface area contributed by atoms with E-state index in [0.717, 1.165) is 24.3 Å². The molecular weight excluding hydrogens is 278 g/mol. The van der Waals surface area contributed by atoms with Crippen LogP contribution in [0.15, 0.2) is 18.2 Å². The molecule has 0 atom stereocenters. The van der Waals surface area contributed by atoms with E-state index in [1.54, 1.807) is 17.0 Å². The molecule has 0 spiro atoms.